The van der Waals surface area contributed by atoms with Crippen LogP contribution in [-0.2, 0) is 0 Å². The number of amides is 1. The number of nitrogens with one attached hydrogen (secondary N) is 1. The fraction of sp³-hybridized carbons (Fsp3) is 0.133. The first kappa shape index (κ1) is 12.3. The highest BCUT2D eigenvalue weighted by Gasteiger charge is 2.11. The molecule has 92 valence electrons. The van der Waals surface area contributed by atoms with Gasteiger partial charge in [0.25, 0.3) is 5.91 Å². The molecule has 1 atom stereocenters. The Morgan fingerprint density at radius 3 is 2.50 bits per heavy atom. The molecule has 1 unspecified atom stereocenters. The van der Waals surface area contributed by atoms with Crippen molar-refractivity contribution in [2.45, 2.75) is 13.0 Å². The molecule has 0 heterocycles. The van der Waals surface area contributed by atoms with Crippen LogP contribution in [0.2, 0.25) is 0 Å². The van der Waals surface area contributed by atoms with Gasteiger partial charge < -0.3 is 5.32 Å². The lowest BCUT2D eigenvalue weighted by Gasteiger charge is -2.14. The Morgan fingerprint density at radius 2 is 1.83 bits per heavy atom. The zero-order valence-corrected chi connectivity index (χ0v) is 10.1. The van der Waals surface area contributed by atoms with Crippen molar-refractivity contribution in [3.8, 4) is 0 Å². The van der Waals surface area contributed by atoms with Crippen LogP contribution in [0.15, 0.2) is 54.6 Å². The molecule has 3 heteroatoms. The van der Waals surface area contributed by atoms with Gasteiger partial charge in [0.2, 0.25) is 0 Å². The van der Waals surface area contributed by atoms with E-state index in [2.05, 4.69) is 5.32 Å². The van der Waals surface area contributed by atoms with E-state index in [4.69, 9.17) is 0 Å². The van der Waals surface area contributed by atoms with Crippen LogP contribution in [-0.4, -0.2) is 5.91 Å². The quantitative estimate of drug-likeness (QED) is 0.880. The number of benzene rings is 2. The highest BCUT2D eigenvalue weighted by atomic mass is 19.1. The monoisotopic (exact) mass is 243 g/mol. The predicted octanol–water partition coefficient (Wildman–Crippen LogP) is 3.32. The van der Waals surface area contributed by atoms with Crippen molar-refractivity contribution in [2.24, 2.45) is 0 Å². The summed E-state index contributed by atoms with van der Waals surface area (Å²) < 4.78 is 13.1. The van der Waals surface area contributed by atoms with Gasteiger partial charge in [-0.05, 0) is 36.8 Å². The smallest absolute Gasteiger partial charge is 0.251 e. The average Bonchev–Trinajstić information content (AvgIpc) is 2.39. The number of hydrogen-bond donors (Lipinski definition) is 1. The molecule has 18 heavy (non-hydrogen) atoms. The summed E-state index contributed by atoms with van der Waals surface area (Å²) >= 11 is 0. The van der Waals surface area contributed by atoms with Crippen LogP contribution >= 0.6 is 0 Å². The van der Waals surface area contributed by atoms with E-state index in [1.165, 1.54) is 12.1 Å². The second kappa shape index (κ2) is 5.45. The summed E-state index contributed by atoms with van der Waals surface area (Å²) in [4.78, 5) is 11.9. The van der Waals surface area contributed by atoms with Crippen LogP contribution in [0.4, 0.5) is 4.39 Å². The third kappa shape index (κ3) is 2.94. The van der Waals surface area contributed by atoms with Crippen LogP contribution in [0, 0.1) is 5.82 Å². The van der Waals surface area contributed by atoms with Crippen LogP contribution in [0.1, 0.15) is 28.9 Å². The zero-order valence-electron chi connectivity index (χ0n) is 10.1. The van der Waals surface area contributed by atoms with Crippen LogP contribution in [0.25, 0.3) is 0 Å². The Labute approximate surface area is 105 Å². The summed E-state index contributed by atoms with van der Waals surface area (Å²) in [5.74, 6) is -0.458. The minimum Gasteiger partial charge on any atom is -0.346 e. The molecule has 0 aliphatic rings. The lowest BCUT2D eigenvalue weighted by atomic mass is 10.1. The number of rotatable bonds is 3. The van der Waals surface area contributed by atoms with E-state index in [9.17, 15) is 9.18 Å². The Kier molecular flexibility index (Phi) is 3.72. The molecule has 0 saturated carbocycles. The van der Waals surface area contributed by atoms with Crippen molar-refractivity contribution in [2.75, 3.05) is 0 Å². The van der Waals surface area contributed by atoms with Gasteiger partial charge in [0, 0.05) is 5.56 Å². The van der Waals surface area contributed by atoms with Crippen molar-refractivity contribution < 1.29 is 9.18 Å². The van der Waals surface area contributed by atoms with E-state index in [1.807, 2.05) is 25.1 Å². The van der Waals surface area contributed by atoms with Gasteiger partial charge in [-0.15, -0.1) is 0 Å². The summed E-state index contributed by atoms with van der Waals surface area (Å²) in [6.45, 7) is 1.83. The lowest BCUT2D eigenvalue weighted by Crippen LogP contribution is -2.26. The molecule has 2 aromatic carbocycles. The summed E-state index contributed by atoms with van der Waals surface area (Å²) in [6.07, 6.45) is 0. The van der Waals surface area contributed by atoms with Gasteiger partial charge in [-0.3, -0.25) is 4.79 Å². The van der Waals surface area contributed by atoms with Crippen molar-refractivity contribution in [1.29, 1.82) is 0 Å². The molecule has 2 nitrogen and oxygen atoms in total. The molecule has 1 amide bonds. The van der Waals surface area contributed by atoms with Gasteiger partial charge in [0.15, 0.2) is 0 Å². The zero-order chi connectivity index (χ0) is 13.0. The van der Waals surface area contributed by atoms with Gasteiger partial charge in [-0.25, -0.2) is 4.39 Å². The average molecular weight is 243 g/mol. The van der Waals surface area contributed by atoms with Crippen LogP contribution in [0.5, 0.6) is 0 Å². The molecule has 0 spiro atoms. The number of hydrogen-bond acceptors (Lipinski definition) is 1. The fourth-order valence-corrected chi connectivity index (χ4v) is 1.73. The van der Waals surface area contributed by atoms with Gasteiger partial charge in [-0.1, -0.05) is 30.3 Å². The molecule has 0 bridgehead atoms. The number of halogens is 1. The molecule has 0 radical (unpaired) electrons. The molecular formula is C15H14FNO. The highest BCUT2D eigenvalue weighted by Crippen LogP contribution is 2.14. The Balaban J connectivity index is 2.08. The van der Waals surface area contributed by atoms with Crippen LogP contribution < -0.4 is 5.32 Å². The molecule has 2 rings (SSSR count). The van der Waals surface area contributed by atoms with Crippen molar-refractivity contribution in [3.63, 3.8) is 0 Å². The van der Waals surface area contributed by atoms with E-state index < -0.39 is 0 Å². The normalized spacial score (nSPS) is 11.9. The van der Waals surface area contributed by atoms with E-state index in [1.54, 1.807) is 24.3 Å². The maximum Gasteiger partial charge on any atom is 0.251 e. The molecule has 0 aliphatic carbocycles. The maximum atomic E-state index is 13.1. The molecular weight excluding hydrogens is 229 g/mol. The van der Waals surface area contributed by atoms with Crippen molar-refractivity contribution in [1.82, 2.24) is 5.32 Å². The minimum atomic E-state index is -0.298. The first-order valence-electron chi connectivity index (χ1n) is 5.78. The van der Waals surface area contributed by atoms with Gasteiger partial charge in [-0.2, -0.15) is 0 Å². The second-order valence-corrected chi connectivity index (χ2v) is 4.12. The van der Waals surface area contributed by atoms with E-state index >= 15 is 0 Å². The van der Waals surface area contributed by atoms with Crippen molar-refractivity contribution >= 4 is 5.91 Å². The first-order valence-corrected chi connectivity index (χ1v) is 5.78. The molecule has 0 fully saturated rings. The number of carbonyl (C=O) groups is 1. The third-order valence-electron chi connectivity index (χ3n) is 2.73. The van der Waals surface area contributed by atoms with E-state index in [0.717, 1.165) is 5.56 Å². The molecule has 0 aromatic heterocycles. The van der Waals surface area contributed by atoms with Crippen molar-refractivity contribution in [3.05, 3.63) is 71.5 Å². The largest absolute Gasteiger partial charge is 0.346 e. The summed E-state index contributed by atoms with van der Waals surface area (Å²) in [5, 5.41) is 2.83. The Morgan fingerprint density at radius 1 is 1.11 bits per heavy atom. The maximum absolute atomic E-state index is 13.1. The van der Waals surface area contributed by atoms with E-state index in [0.29, 0.717) is 5.56 Å². The Bertz CT molecular complexity index is 539. The van der Waals surface area contributed by atoms with E-state index in [-0.39, 0.29) is 17.8 Å². The predicted molar refractivity (Wildman–Crippen MR) is 68.7 cm³/mol. The summed E-state index contributed by atoms with van der Waals surface area (Å²) in [7, 11) is 0. The number of carbonyl (C=O) groups excluding carboxylic acids is 1. The standard InChI is InChI=1S/C15H14FNO/c1-11(13-8-5-9-14(16)10-13)17-15(18)12-6-3-2-4-7-12/h2-11H,1H3,(H,17,18). The second-order valence-electron chi connectivity index (χ2n) is 4.12. The molecule has 0 aliphatic heterocycles. The summed E-state index contributed by atoms with van der Waals surface area (Å²) in [6, 6.07) is 15.0. The van der Waals surface area contributed by atoms with Gasteiger partial charge in [0.05, 0.1) is 6.04 Å². The first-order chi connectivity index (χ1) is 8.66. The highest BCUT2D eigenvalue weighted by molar-refractivity contribution is 5.94. The minimum absolute atomic E-state index is 0.160. The summed E-state index contributed by atoms with van der Waals surface area (Å²) in [5.41, 5.74) is 1.35. The molecule has 0 saturated heterocycles. The Hall–Kier alpha value is -2.16. The van der Waals surface area contributed by atoms with Crippen LogP contribution in [0.3, 0.4) is 0 Å². The fourth-order valence-electron chi connectivity index (χ4n) is 1.73. The van der Waals surface area contributed by atoms with Gasteiger partial charge >= 0.3 is 0 Å². The molecule has 2 aromatic rings. The van der Waals surface area contributed by atoms with Gasteiger partial charge in [0.1, 0.15) is 5.82 Å². The topological polar surface area (TPSA) is 29.1 Å². The SMILES string of the molecule is CC(NC(=O)c1ccccc1)c1cccc(F)c1. The lowest BCUT2D eigenvalue weighted by molar-refractivity contribution is 0.0940. The molecule has 1 N–H and O–H groups in total. The third-order valence-corrected chi connectivity index (χ3v) is 2.73.